The summed E-state index contributed by atoms with van der Waals surface area (Å²) in [5.74, 6) is -0.0862. The third-order valence-electron chi connectivity index (χ3n) is 4.47. The van der Waals surface area contributed by atoms with Gasteiger partial charge in [0.25, 0.3) is 5.91 Å². The number of fused-ring (bicyclic) bond motifs is 1. The Labute approximate surface area is 194 Å². The zero-order valence-corrected chi connectivity index (χ0v) is 19.4. The van der Waals surface area contributed by atoms with Crippen LogP contribution in [0.2, 0.25) is 5.02 Å². The molecule has 156 valence electrons. The fourth-order valence-electron chi connectivity index (χ4n) is 2.97. The molecule has 0 aliphatic rings. The molecule has 1 aromatic carbocycles. The van der Waals surface area contributed by atoms with Crippen LogP contribution in [0.3, 0.4) is 0 Å². The Morgan fingerprint density at radius 1 is 1.33 bits per heavy atom. The minimum Gasteiger partial charge on any atom is -0.337 e. The molecular weight excluding hydrogens is 459 g/mol. The number of hydrogen-bond acceptors (Lipinski definition) is 5. The van der Waals surface area contributed by atoms with Crippen molar-refractivity contribution in [3.05, 3.63) is 69.9 Å². The zero-order valence-electron chi connectivity index (χ0n) is 16.2. The van der Waals surface area contributed by atoms with Crippen molar-refractivity contribution in [3.8, 4) is 0 Å². The van der Waals surface area contributed by atoms with Crippen LogP contribution in [0.5, 0.6) is 0 Å². The van der Waals surface area contributed by atoms with Gasteiger partial charge in [-0.05, 0) is 42.5 Å². The van der Waals surface area contributed by atoms with Crippen LogP contribution in [0.1, 0.15) is 16.9 Å². The van der Waals surface area contributed by atoms with Crippen molar-refractivity contribution in [1.82, 2.24) is 14.5 Å². The zero-order chi connectivity index (χ0) is 20.2. The molecule has 0 radical (unpaired) electrons. The number of carbonyl (C=O) groups is 1. The molecule has 9 heteroatoms. The number of rotatable bonds is 7. The quantitative estimate of drug-likeness (QED) is 0.302. The Kier molecular flexibility index (Phi) is 7.66. The maximum Gasteiger partial charge on any atom is 0.252 e. The van der Waals surface area contributed by atoms with Crippen LogP contribution in [-0.4, -0.2) is 27.0 Å². The Balaban J connectivity index is 0.00000256. The van der Waals surface area contributed by atoms with E-state index in [0.29, 0.717) is 16.7 Å². The predicted octanol–water partition coefficient (Wildman–Crippen LogP) is 6.07. The maximum atomic E-state index is 13.0. The topological polar surface area (TPSA) is 51.0 Å². The Bertz CT molecular complexity index is 1100. The number of nitrogens with zero attached hydrogens (tertiary/aromatic N) is 4. The lowest BCUT2D eigenvalue weighted by molar-refractivity contribution is -0.114. The molecule has 0 saturated carbocycles. The first-order valence-corrected chi connectivity index (χ1v) is 11.2. The second-order valence-corrected chi connectivity index (χ2v) is 8.90. The summed E-state index contributed by atoms with van der Waals surface area (Å²) in [6, 6.07) is 7.79. The number of aromatic nitrogens is 3. The summed E-state index contributed by atoms with van der Waals surface area (Å²) in [7, 11) is 0. The van der Waals surface area contributed by atoms with Gasteiger partial charge in [-0.15, -0.1) is 23.7 Å². The van der Waals surface area contributed by atoms with Crippen molar-refractivity contribution >= 4 is 74.0 Å². The lowest BCUT2D eigenvalue weighted by Gasteiger charge is -2.18. The molecular formula is C21H20Cl2N4OS2. The van der Waals surface area contributed by atoms with Gasteiger partial charge in [0.2, 0.25) is 0 Å². The lowest BCUT2D eigenvalue weighted by Crippen LogP contribution is -2.30. The summed E-state index contributed by atoms with van der Waals surface area (Å²) < 4.78 is 2.92. The first kappa shape index (κ1) is 22.5. The molecule has 0 N–H and O–H groups in total. The Morgan fingerprint density at radius 2 is 2.20 bits per heavy atom. The molecule has 4 rings (SSSR count). The van der Waals surface area contributed by atoms with Gasteiger partial charge in [0, 0.05) is 36.4 Å². The van der Waals surface area contributed by atoms with Crippen molar-refractivity contribution in [2.45, 2.75) is 19.9 Å². The summed E-state index contributed by atoms with van der Waals surface area (Å²) in [4.78, 5) is 24.6. The third kappa shape index (κ3) is 5.10. The molecule has 0 aliphatic carbocycles. The summed E-state index contributed by atoms with van der Waals surface area (Å²) in [6.45, 7) is 3.34. The number of carbonyl (C=O) groups excluding carboxylic acids is 1. The van der Waals surface area contributed by atoms with E-state index in [-0.39, 0.29) is 18.3 Å². The van der Waals surface area contributed by atoms with Crippen molar-refractivity contribution in [3.63, 3.8) is 0 Å². The van der Waals surface area contributed by atoms with Gasteiger partial charge in [-0.3, -0.25) is 9.69 Å². The number of imidazole rings is 1. The van der Waals surface area contributed by atoms with Gasteiger partial charge >= 0.3 is 0 Å². The van der Waals surface area contributed by atoms with Crippen LogP contribution in [0.25, 0.3) is 16.3 Å². The molecule has 3 aromatic heterocycles. The van der Waals surface area contributed by atoms with Crippen molar-refractivity contribution in [2.24, 2.45) is 0 Å². The summed E-state index contributed by atoms with van der Waals surface area (Å²) in [6.07, 6.45) is 9.71. The van der Waals surface area contributed by atoms with E-state index < -0.39 is 0 Å². The van der Waals surface area contributed by atoms with Crippen LogP contribution in [0.15, 0.2) is 54.4 Å². The molecule has 0 aliphatic heterocycles. The first-order chi connectivity index (χ1) is 14.1. The number of thiophene rings is 1. The average Bonchev–Trinajstić information content (AvgIpc) is 3.47. The van der Waals surface area contributed by atoms with Gasteiger partial charge in [0.1, 0.15) is 0 Å². The highest BCUT2D eigenvalue weighted by Crippen LogP contribution is 2.35. The molecule has 0 saturated heterocycles. The predicted molar refractivity (Wildman–Crippen MR) is 129 cm³/mol. The summed E-state index contributed by atoms with van der Waals surface area (Å²) >= 11 is 9.43. The highest BCUT2D eigenvalue weighted by atomic mass is 35.5. The fraction of sp³-hybridized carbons (Fsp3) is 0.190. The Morgan fingerprint density at radius 3 is 2.90 bits per heavy atom. The first-order valence-electron chi connectivity index (χ1n) is 9.16. The van der Waals surface area contributed by atoms with Gasteiger partial charge < -0.3 is 4.57 Å². The maximum absolute atomic E-state index is 13.0. The van der Waals surface area contributed by atoms with Crippen molar-refractivity contribution in [2.75, 3.05) is 11.4 Å². The highest BCUT2D eigenvalue weighted by molar-refractivity contribution is 7.23. The van der Waals surface area contributed by atoms with Crippen molar-refractivity contribution in [1.29, 1.82) is 0 Å². The third-order valence-corrected chi connectivity index (χ3v) is 6.85. The van der Waals surface area contributed by atoms with E-state index in [4.69, 9.17) is 16.6 Å². The number of aryl methyl sites for hydroxylation is 2. The van der Waals surface area contributed by atoms with E-state index in [9.17, 15) is 4.79 Å². The van der Waals surface area contributed by atoms with Crippen LogP contribution in [0.4, 0.5) is 5.13 Å². The minimum atomic E-state index is -0.0862. The van der Waals surface area contributed by atoms with Crippen molar-refractivity contribution < 1.29 is 4.79 Å². The fourth-order valence-corrected chi connectivity index (χ4v) is 4.93. The standard InChI is InChI=1S/C21H19ClN4OS2.ClH/c1-15-5-7-17(22)20-19(15)24-21(29-20)26(11-3-10-25-12-9-23-14-25)18(27)8-6-16-4-2-13-28-16;/h2,4-9,12-14H,3,10-11H2,1H3;1H/b8-6+;. The van der Waals surface area contributed by atoms with Crippen LogP contribution in [0, 0.1) is 6.92 Å². The summed E-state index contributed by atoms with van der Waals surface area (Å²) in [5, 5.41) is 3.32. The molecule has 0 bridgehead atoms. The molecule has 5 nitrogen and oxygen atoms in total. The van der Waals surface area contributed by atoms with E-state index in [1.165, 1.54) is 11.3 Å². The van der Waals surface area contributed by atoms with Gasteiger partial charge in [-0.2, -0.15) is 0 Å². The molecule has 0 spiro atoms. The highest BCUT2D eigenvalue weighted by Gasteiger charge is 2.19. The van der Waals surface area contributed by atoms with E-state index >= 15 is 0 Å². The Hall–Kier alpha value is -2.19. The van der Waals surface area contributed by atoms with E-state index in [0.717, 1.165) is 33.6 Å². The van der Waals surface area contributed by atoms with E-state index in [1.807, 2.05) is 53.4 Å². The van der Waals surface area contributed by atoms with Gasteiger partial charge in [0.15, 0.2) is 5.13 Å². The minimum absolute atomic E-state index is 0. The average molecular weight is 479 g/mol. The molecule has 0 fully saturated rings. The smallest absolute Gasteiger partial charge is 0.252 e. The van der Waals surface area contributed by atoms with Gasteiger partial charge in [-0.1, -0.05) is 35.1 Å². The number of hydrogen-bond donors (Lipinski definition) is 0. The number of thiazole rings is 1. The van der Waals surface area contributed by atoms with E-state index in [1.54, 1.807) is 34.8 Å². The molecule has 0 unspecified atom stereocenters. The number of anilines is 1. The molecule has 30 heavy (non-hydrogen) atoms. The number of amides is 1. The SMILES string of the molecule is Cc1ccc(Cl)c2sc(N(CCCn3ccnc3)C(=O)/C=C/c3cccs3)nc12.Cl. The lowest BCUT2D eigenvalue weighted by atomic mass is 10.2. The molecule has 3 heterocycles. The number of benzene rings is 1. The van der Waals surface area contributed by atoms with Gasteiger partial charge in [0.05, 0.1) is 21.6 Å². The number of halogens is 2. The monoisotopic (exact) mass is 478 g/mol. The van der Waals surface area contributed by atoms with Crippen LogP contribution in [-0.2, 0) is 11.3 Å². The van der Waals surface area contributed by atoms with Crippen LogP contribution < -0.4 is 4.90 Å². The summed E-state index contributed by atoms with van der Waals surface area (Å²) in [5.41, 5.74) is 1.90. The largest absolute Gasteiger partial charge is 0.337 e. The second-order valence-electron chi connectivity index (χ2n) is 6.53. The normalized spacial score (nSPS) is 11.1. The van der Waals surface area contributed by atoms with Gasteiger partial charge in [-0.25, -0.2) is 9.97 Å². The van der Waals surface area contributed by atoms with E-state index in [2.05, 4.69) is 4.98 Å². The second kappa shape index (κ2) is 10.2. The molecule has 1 amide bonds. The molecule has 0 atom stereocenters. The molecule has 4 aromatic rings. The van der Waals surface area contributed by atoms with Crippen LogP contribution >= 0.6 is 46.7 Å².